The molecule has 4 aromatic rings. The molecule has 1 N–H and O–H groups in total. The fourth-order valence-electron chi connectivity index (χ4n) is 3.60. The largest absolute Gasteiger partial charge is 0.418 e. The summed E-state index contributed by atoms with van der Waals surface area (Å²) in [6.45, 7) is 5.71. The van der Waals surface area contributed by atoms with E-state index >= 15 is 0 Å². The van der Waals surface area contributed by atoms with E-state index in [1.54, 1.807) is 7.05 Å². The van der Waals surface area contributed by atoms with Crippen LogP contribution in [0.2, 0.25) is 5.02 Å². The Balaban J connectivity index is 0.00000306. The highest BCUT2D eigenvalue weighted by molar-refractivity contribution is 6.33. The first-order chi connectivity index (χ1) is 14.8. The van der Waals surface area contributed by atoms with E-state index in [1.807, 2.05) is 20.8 Å². The maximum absolute atomic E-state index is 14.3. The van der Waals surface area contributed by atoms with Crippen LogP contribution in [-0.4, -0.2) is 19.7 Å². The molecular weight excluding hydrogens is 486 g/mol. The van der Waals surface area contributed by atoms with Crippen LogP contribution >= 0.6 is 24.0 Å². The van der Waals surface area contributed by atoms with Gasteiger partial charge in [-0.1, -0.05) is 38.4 Å². The third-order valence-electron chi connectivity index (χ3n) is 5.07. The highest BCUT2D eigenvalue weighted by Crippen LogP contribution is 2.41. The molecule has 0 aliphatic heterocycles. The highest BCUT2D eigenvalue weighted by atomic mass is 35.5. The molecule has 0 radical (unpaired) electrons. The zero-order valence-corrected chi connectivity index (χ0v) is 19.5. The van der Waals surface area contributed by atoms with Gasteiger partial charge in [0.15, 0.2) is 5.82 Å². The molecule has 0 unspecified atom stereocenters. The third-order valence-corrected chi connectivity index (χ3v) is 5.43. The maximum Gasteiger partial charge on any atom is 0.418 e. The number of hydrogen-bond donors (Lipinski definition) is 1. The van der Waals surface area contributed by atoms with Crippen LogP contribution in [-0.2, 0) is 18.6 Å². The standard InChI is InChI=1S/C22H18ClF5N4.ClH/c1-21(2,3)19-16(23)18(32(4)31-19)20-29-14-9-10(15-12(24)6-5-7-13(15)25)8-11(17(14)30-20)22(26,27)28;/h5-9H,1-4H3,(H,29,30);1H. The molecule has 0 atom stereocenters. The van der Waals surface area contributed by atoms with Gasteiger partial charge in [-0.15, -0.1) is 12.4 Å². The molecule has 0 bridgehead atoms. The average molecular weight is 505 g/mol. The number of halogens is 7. The monoisotopic (exact) mass is 504 g/mol. The Kier molecular flexibility index (Phi) is 6.27. The van der Waals surface area contributed by atoms with Gasteiger partial charge in [0.05, 0.1) is 27.4 Å². The summed E-state index contributed by atoms with van der Waals surface area (Å²) in [5, 5.41) is 4.65. The van der Waals surface area contributed by atoms with Gasteiger partial charge in [0.25, 0.3) is 0 Å². The first-order valence-electron chi connectivity index (χ1n) is 9.57. The summed E-state index contributed by atoms with van der Waals surface area (Å²) in [7, 11) is 1.61. The predicted molar refractivity (Wildman–Crippen MR) is 120 cm³/mol. The summed E-state index contributed by atoms with van der Waals surface area (Å²) in [5.41, 5.74) is -1.91. The van der Waals surface area contributed by atoms with Crippen LogP contribution in [0.5, 0.6) is 0 Å². The second-order valence-corrected chi connectivity index (χ2v) is 8.86. The number of aryl methyl sites for hydroxylation is 1. The smallest absolute Gasteiger partial charge is 0.337 e. The molecule has 4 rings (SSSR count). The fraction of sp³-hybridized carbons (Fsp3) is 0.273. The van der Waals surface area contributed by atoms with Crippen molar-refractivity contribution in [3.05, 3.63) is 58.2 Å². The molecule has 4 nitrogen and oxygen atoms in total. The van der Waals surface area contributed by atoms with Gasteiger partial charge < -0.3 is 4.98 Å². The Labute approximate surface area is 197 Å². The third kappa shape index (κ3) is 4.31. The molecule has 2 heterocycles. The van der Waals surface area contributed by atoms with Crippen molar-refractivity contribution in [3.8, 4) is 22.6 Å². The first kappa shape index (κ1) is 25.0. The molecule has 2 aromatic heterocycles. The number of rotatable bonds is 2. The second kappa shape index (κ2) is 8.29. The summed E-state index contributed by atoms with van der Waals surface area (Å²) in [4.78, 5) is 6.96. The van der Waals surface area contributed by atoms with Gasteiger partial charge in [-0.3, -0.25) is 4.68 Å². The molecule has 0 saturated carbocycles. The van der Waals surface area contributed by atoms with Crippen molar-refractivity contribution in [2.24, 2.45) is 7.05 Å². The molecule has 0 spiro atoms. The van der Waals surface area contributed by atoms with Gasteiger partial charge in [0, 0.05) is 12.5 Å². The Hall–Kier alpha value is -2.65. The summed E-state index contributed by atoms with van der Waals surface area (Å²) >= 11 is 6.51. The van der Waals surface area contributed by atoms with E-state index < -0.39 is 34.4 Å². The molecule has 11 heteroatoms. The lowest BCUT2D eigenvalue weighted by atomic mass is 9.92. The second-order valence-electron chi connectivity index (χ2n) is 8.48. The number of nitrogens with zero attached hydrogens (tertiary/aromatic N) is 3. The molecule has 0 aliphatic carbocycles. The van der Waals surface area contributed by atoms with Crippen LogP contribution in [0.15, 0.2) is 30.3 Å². The van der Waals surface area contributed by atoms with Crippen LogP contribution in [0.3, 0.4) is 0 Å². The van der Waals surface area contributed by atoms with Gasteiger partial charge in [-0.2, -0.15) is 18.3 Å². The Morgan fingerprint density at radius 3 is 2.15 bits per heavy atom. The fourth-order valence-corrected chi connectivity index (χ4v) is 4.13. The van der Waals surface area contributed by atoms with Crippen molar-refractivity contribution in [3.63, 3.8) is 0 Å². The van der Waals surface area contributed by atoms with E-state index in [0.29, 0.717) is 17.5 Å². The van der Waals surface area contributed by atoms with Crippen LogP contribution < -0.4 is 0 Å². The maximum atomic E-state index is 14.3. The number of imidazole rings is 1. The molecule has 0 aliphatic rings. The summed E-state index contributed by atoms with van der Waals surface area (Å²) in [5.74, 6) is -1.88. The number of H-pyrrole nitrogens is 1. The SMILES string of the molecule is Cl.Cn1nc(C(C)(C)C)c(Cl)c1-c1nc2c(C(F)(F)F)cc(-c3c(F)cccc3F)cc2[nH]1. The minimum Gasteiger partial charge on any atom is -0.337 e. The van der Waals surface area contributed by atoms with Gasteiger partial charge in [-0.25, -0.2) is 13.8 Å². The zero-order chi connectivity index (χ0) is 23.6. The topological polar surface area (TPSA) is 46.5 Å². The van der Waals surface area contributed by atoms with Crippen molar-refractivity contribution in [1.29, 1.82) is 0 Å². The van der Waals surface area contributed by atoms with Gasteiger partial charge in [-0.05, 0) is 29.8 Å². The van der Waals surface area contributed by atoms with Gasteiger partial charge >= 0.3 is 6.18 Å². The number of hydrogen-bond acceptors (Lipinski definition) is 2. The summed E-state index contributed by atoms with van der Waals surface area (Å²) < 4.78 is 71.6. The normalized spacial score (nSPS) is 12.3. The molecular formula is C22H19Cl2F5N4. The lowest BCUT2D eigenvalue weighted by molar-refractivity contribution is -0.136. The van der Waals surface area contributed by atoms with E-state index in [1.165, 1.54) is 10.7 Å². The Morgan fingerprint density at radius 1 is 1.03 bits per heavy atom. The van der Waals surface area contributed by atoms with Crippen molar-refractivity contribution in [2.45, 2.75) is 32.4 Å². The number of benzene rings is 2. The van der Waals surface area contributed by atoms with Crippen molar-refractivity contribution in [2.75, 3.05) is 0 Å². The van der Waals surface area contributed by atoms with E-state index in [2.05, 4.69) is 15.1 Å². The van der Waals surface area contributed by atoms with Gasteiger partial charge in [0.2, 0.25) is 0 Å². The van der Waals surface area contributed by atoms with Crippen LogP contribution in [0.25, 0.3) is 33.7 Å². The van der Waals surface area contributed by atoms with Gasteiger partial charge in [0.1, 0.15) is 22.8 Å². The van der Waals surface area contributed by atoms with E-state index in [0.717, 1.165) is 18.2 Å². The number of nitrogens with one attached hydrogen (secondary N) is 1. The lowest BCUT2D eigenvalue weighted by Crippen LogP contribution is -2.12. The van der Waals surface area contributed by atoms with Crippen LogP contribution in [0, 0.1) is 11.6 Å². The number of fused-ring (bicyclic) bond motifs is 1. The molecule has 176 valence electrons. The molecule has 33 heavy (non-hydrogen) atoms. The molecule has 2 aromatic carbocycles. The summed E-state index contributed by atoms with van der Waals surface area (Å²) in [6.07, 6.45) is -4.81. The van der Waals surface area contributed by atoms with Crippen LogP contribution in [0.1, 0.15) is 32.0 Å². The van der Waals surface area contributed by atoms with E-state index in [9.17, 15) is 22.0 Å². The number of aromatic amines is 1. The molecule has 0 fully saturated rings. The van der Waals surface area contributed by atoms with Crippen molar-refractivity contribution in [1.82, 2.24) is 19.7 Å². The number of alkyl halides is 3. The average Bonchev–Trinajstić information content (AvgIpc) is 3.19. The zero-order valence-electron chi connectivity index (χ0n) is 17.9. The van der Waals surface area contributed by atoms with E-state index in [-0.39, 0.29) is 39.9 Å². The van der Waals surface area contributed by atoms with Crippen molar-refractivity contribution < 1.29 is 22.0 Å². The molecule has 0 saturated heterocycles. The van der Waals surface area contributed by atoms with Crippen LogP contribution in [0.4, 0.5) is 22.0 Å². The number of aromatic nitrogens is 4. The predicted octanol–water partition coefficient (Wildman–Crippen LogP) is 7.30. The first-order valence-corrected chi connectivity index (χ1v) is 9.95. The molecule has 0 amide bonds. The quantitative estimate of drug-likeness (QED) is 0.291. The lowest BCUT2D eigenvalue weighted by Gasteiger charge is -2.15. The highest BCUT2D eigenvalue weighted by Gasteiger charge is 2.36. The Bertz CT molecular complexity index is 1330. The van der Waals surface area contributed by atoms with E-state index in [4.69, 9.17) is 11.6 Å². The minimum atomic E-state index is -4.81. The Morgan fingerprint density at radius 2 is 1.64 bits per heavy atom. The minimum absolute atomic E-state index is 0. The summed E-state index contributed by atoms with van der Waals surface area (Å²) in [6, 6.07) is 5.04. The van der Waals surface area contributed by atoms with Crippen molar-refractivity contribution >= 4 is 35.0 Å².